The highest BCUT2D eigenvalue weighted by Crippen LogP contribution is 2.34. The monoisotopic (exact) mass is 622 g/mol. The summed E-state index contributed by atoms with van der Waals surface area (Å²) in [6, 6.07) is -0.205. The molecule has 1 amide bonds. The Balaban J connectivity index is 1.87. The van der Waals surface area contributed by atoms with Crippen molar-refractivity contribution < 1.29 is 29.7 Å². The molecule has 2 aliphatic heterocycles. The third-order valence-corrected chi connectivity index (χ3v) is 9.26. The molecule has 0 bridgehead atoms. The maximum absolute atomic E-state index is 12.5. The molecule has 0 aromatic carbocycles. The van der Waals surface area contributed by atoms with Crippen LogP contribution in [-0.4, -0.2) is 54.4 Å². The van der Waals surface area contributed by atoms with Gasteiger partial charge in [-0.2, -0.15) is 12.6 Å². The molecular weight excluding hydrogens is 580 g/mol. The second-order valence-electron chi connectivity index (χ2n) is 11.8. The Kier molecular flexibility index (Phi) is 9.88. The van der Waals surface area contributed by atoms with Gasteiger partial charge >= 0.3 is 11.9 Å². The molecule has 236 valence electrons. The molecule has 2 aromatic heterocycles. The van der Waals surface area contributed by atoms with Gasteiger partial charge in [0.2, 0.25) is 5.91 Å². The molecule has 10 nitrogen and oxygen atoms in total. The average molecular weight is 623 g/mol. The summed E-state index contributed by atoms with van der Waals surface area (Å²) >= 11 is 4.62. The summed E-state index contributed by atoms with van der Waals surface area (Å²) in [7, 11) is 0. The van der Waals surface area contributed by atoms with Crippen molar-refractivity contribution in [1.29, 1.82) is 0 Å². The Hall–Kier alpha value is -4.12. The summed E-state index contributed by atoms with van der Waals surface area (Å²) in [5.41, 5.74) is 6.36. The van der Waals surface area contributed by atoms with E-state index in [1.165, 1.54) is 0 Å². The molecule has 11 heteroatoms. The van der Waals surface area contributed by atoms with Gasteiger partial charge in [-0.15, -0.1) is 0 Å². The Morgan fingerprint density at radius 3 is 2.16 bits per heavy atom. The summed E-state index contributed by atoms with van der Waals surface area (Å²) in [5, 5.41) is 36.8. The number of aliphatic carboxylic acids is 2. The van der Waals surface area contributed by atoms with Crippen molar-refractivity contribution in [2.24, 2.45) is 17.8 Å². The van der Waals surface area contributed by atoms with Crippen LogP contribution in [0.15, 0.2) is 29.8 Å². The normalized spacial score (nSPS) is 24.2. The van der Waals surface area contributed by atoms with Crippen molar-refractivity contribution in [3.8, 4) is 0 Å². The Labute approximate surface area is 262 Å². The van der Waals surface area contributed by atoms with E-state index in [1.807, 2.05) is 52.8 Å². The fourth-order valence-electron chi connectivity index (χ4n) is 6.33. The highest BCUT2D eigenvalue weighted by atomic mass is 32.1. The van der Waals surface area contributed by atoms with Crippen molar-refractivity contribution in [3.05, 3.63) is 74.1 Å². The topological polar surface area (TPSA) is 168 Å². The number of carboxylic acid groups (broad SMARTS) is 2. The maximum atomic E-state index is 12.5. The lowest BCUT2D eigenvalue weighted by Crippen LogP contribution is -2.28. The van der Waals surface area contributed by atoms with Gasteiger partial charge in [-0.25, -0.2) is 0 Å². The van der Waals surface area contributed by atoms with Gasteiger partial charge in [-0.3, -0.25) is 14.4 Å². The number of H-pyrrole nitrogens is 2. The predicted octanol–water partition coefficient (Wildman–Crippen LogP) is 3.21. The molecule has 0 spiro atoms. The summed E-state index contributed by atoms with van der Waals surface area (Å²) in [6.45, 7) is 13.5. The molecule has 2 aliphatic rings. The van der Waals surface area contributed by atoms with Crippen LogP contribution in [0, 0.1) is 31.6 Å². The van der Waals surface area contributed by atoms with E-state index in [0.717, 1.165) is 44.6 Å². The van der Waals surface area contributed by atoms with Crippen molar-refractivity contribution in [2.75, 3.05) is 0 Å². The second-order valence-corrected chi connectivity index (χ2v) is 12.6. The van der Waals surface area contributed by atoms with E-state index in [1.54, 1.807) is 6.08 Å². The Morgan fingerprint density at radius 2 is 1.59 bits per heavy atom. The largest absolute Gasteiger partial charge is 0.495 e. The zero-order valence-electron chi connectivity index (χ0n) is 25.7. The minimum atomic E-state index is -0.916. The molecule has 0 saturated carbocycles. The maximum Gasteiger partial charge on any atom is 0.303 e. The van der Waals surface area contributed by atoms with Crippen LogP contribution in [0.25, 0.3) is 18.2 Å². The Bertz CT molecular complexity index is 1680. The number of carboxylic acids is 2. The summed E-state index contributed by atoms with van der Waals surface area (Å²) < 4.78 is 0. The van der Waals surface area contributed by atoms with Gasteiger partial charge in [0, 0.05) is 69.2 Å². The van der Waals surface area contributed by atoms with Crippen LogP contribution in [0.3, 0.4) is 0 Å². The summed E-state index contributed by atoms with van der Waals surface area (Å²) in [4.78, 5) is 42.5. The van der Waals surface area contributed by atoms with E-state index >= 15 is 0 Å². The molecule has 1 fully saturated rings. The molecule has 5 atom stereocenters. The van der Waals surface area contributed by atoms with Crippen LogP contribution >= 0.6 is 12.6 Å². The number of carbonyl (C=O) groups excluding carboxylic acids is 1. The van der Waals surface area contributed by atoms with E-state index < -0.39 is 11.9 Å². The van der Waals surface area contributed by atoms with Crippen LogP contribution in [-0.2, 0) is 27.2 Å². The quantitative estimate of drug-likeness (QED) is 0.178. The van der Waals surface area contributed by atoms with Gasteiger partial charge in [0.1, 0.15) is 0 Å². The number of nitrogens with one attached hydrogen (secondary N) is 4. The number of hydrogen-bond acceptors (Lipinski definition) is 6. The fourth-order valence-corrected chi connectivity index (χ4v) is 6.75. The third kappa shape index (κ3) is 6.67. The van der Waals surface area contributed by atoms with E-state index in [-0.39, 0.29) is 60.1 Å². The first-order chi connectivity index (χ1) is 20.7. The van der Waals surface area contributed by atoms with Gasteiger partial charge in [0.05, 0.1) is 6.04 Å². The minimum absolute atomic E-state index is 0.0306. The highest BCUT2D eigenvalue weighted by Gasteiger charge is 2.37. The standard InChI is InChI=1S/C33H42N4O6S/c1-7-20-15(2)25(36-33(20)43)12-23-16(3)21(8-10-29(38)39)26(34-23)14-27-22(9-11-30(40)41)17(4)24(35-27)13-28-31(19(6)44)18(5)32(42)37-28/h7,12-15,18-19,25,31,34-36,43-44H,1,8-11H2,2-6H3,(H,37,42)(H,38,39)(H,40,41)/b23-12+,26-14-,28-13-/t15?,18-,19?,25-,31+/m1/s1. The van der Waals surface area contributed by atoms with Crippen molar-refractivity contribution in [1.82, 2.24) is 20.6 Å². The fraction of sp³-hybridized carbons (Fsp3) is 0.424. The Morgan fingerprint density at radius 1 is 0.955 bits per heavy atom. The second kappa shape index (κ2) is 13.3. The minimum Gasteiger partial charge on any atom is -0.495 e. The lowest BCUT2D eigenvalue weighted by molar-refractivity contribution is -0.138. The number of aromatic nitrogens is 2. The van der Waals surface area contributed by atoms with Crippen LogP contribution in [0.1, 0.15) is 67.3 Å². The first kappa shape index (κ1) is 32.8. The number of aromatic amines is 2. The van der Waals surface area contributed by atoms with Crippen LogP contribution in [0.5, 0.6) is 0 Å². The molecule has 44 heavy (non-hydrogen) atoms. The van der Waals surface area contributed by atoms with Crippen LogP contribution in [0.2, 0.25) is 0 Å². The molecule has 1 saturated heterocycles. The molecule has 4 rings (SSSR count). The average Bonchev–Trinajstić information content (AvgIpc) is 3.59. The third-order valence-electron chi connectivity index (χ3n) is 8.94. The molecule has 2 aromatic rings. The van der Waals surface area contributed by atoms with E-state index in [0.29, 0.717) is 17.5 Å². The van der Waals surface area contributed by atoms with Crippen LogP contribution < -0.4 is 21.3 Å². The van der Waals surface area contributed by atoms with Crippen molar-refractivity contribution >= 4 is 48.7 Å². The van der Waals surface area contributed by atoms with E-state index in [2.05, 4.69) is 39.8 Å². The number of carbonyl (C=O) groups is 3. The lowest BCUT2D eigenvalue weighted by atomic mass is 9.91. The van der Waals surface area contributed by atoms with Gasteiger partial charge in [-0.05, 0) is 67.2 Å². The molecule has 0 radical (unpaired) electrons. The number of amides is 1. The molecule has 2 unspecified atom stereocenters. The smallest absolute Gasteiger partial charge is 0.303 e. The lowest BCUT2D eigenvalue weighted by Gasteiger charge is -2.17. The molecule has 4 heterocycles. The zero-order valence-corrected chi connectivity index (χ0v) is 26.6. The molecular formula is C33H42N4O6S. The summed E-state index contributed by atoms with van der Waals surface area (Å²) in [6.07, 6.45) is 7.87. The number of rotatable bonds is 11. The molecule has 7 N–H and O–H groups in total. The van der Waals surface area contributed by atoms with Gasteiger partial charge in [-0.1, -0.05) is 33.4 Å². The SMILES string of the molecule is C=CC1=C(O)N[C@H](/C=c2/[nH]/c(=C\c3[nH]c(/C=C4\NC(=O)[C@H](C)[C@H]4C(C)S)c(C)c3CCC(=O)O)c(CCC(=O)O)c2C)C1C. The van der Waals surface area contributed by atoms with Crippen molar-refractivity contribution in [3.63, 3.8) is 0 Å². The van der Waals surface area contributed by atoms with E-state index in [9.17, 15) is 29.7 Å². The highest BCUT2D eigenvalue weighted by molar-refractivity contribution is 7.80. The number of thiol groups is 1. The first-order valence-corrected chi connectivity index (χ1v) is 15.3. The van der Waals surface area contributed by atoms with Gasteiger partial charge < -0.3 is 35.9 Å². The number of aliphatic hydroxyl groups excluding tert-OH is 1. The van der Waals surface area contributed by atoms with E-state index in [4.69, 9.17) is 0 Å². The predicted molar refractivity (Wildman–Crippen MR) is 173 cm³/mol. The van der Waals surface area contributed by atoms with Gasteiger partial charge in [0.15, 0.2) is 5.88 Å². The summed E-state index contributed by atoms with van der Waals surface area (Å²) in [5.74, 6) is -2.16. The number of hydrogen-bond donors (Lipinski definition) is 8. The first-order valence-electron chi connectivity index (χ1n) is 14.8. The zero-order chi connectivity index (χ0) is 32.5. The van der Waals surface area contributed by atoms with Crippen molar-refractivity contribution in [2.45, 2.75) is 71.6 Å². The number of aliphatic hydroxyl groups is 1. The van der Waals surface area contributed by atoms with Crippen LogP contribution in [0.4, 0.5) is 0 Å². The number of allylic oxidation sites excluding steroid dienone is 2. The van der Waals surface area contributed by atoms with Gasteiger partial charge in [0.25, 0.3) is 0 Å². The molecule has 0 aliphatic carbocycles.